The van der Waals surface area contributed by atoms with Gasteiger partial charge < -0.3 is 20.1 Å². The second-order valence-corrected chi connectivity index (χ2v) is 8.21. The molecule has 0 unspecified atom stereocenters. The van der Waals surface area contributed by atoms with Gasteiger partial charge in [-0.1, -0.05) is 42.5 Å². The van der Waals surface area contributed by atoms with Crippen LogP contribution in [0.4, 0.5) is 0 Å². The Morgan fingerprint density at radius 2 is 1.85 bits per heavy atom. The Bertz CT molecular complexity index is 1130. The molecular weight excluding hydrogens is 434 g/mol. The maximum atomic E-state index is 13.4. The molecule has 0 saturated carbocycles. The van der Waals surface area contributed by atoms with Crippen LogP contribution in [0.15, 0.2) is 48.5 Å². The summed E-state index contributed by atoms with van der Waals surface area (Å²) in [4.78, 5) is 28.2. The number of carbonyl (C=O) groups excluding carboxylic acids is 2. The average Bonchev–Trinajstić information content (AvgIpc) is 3.27. The standard InChI is InChI=1S/C25H31N5O4/c1-26-24(31)20(17-18-7-4-3-5-8-18)27-25(32)22-19-9-6-10-21(33-2)23(19)30(28-22)12-11-29-13-15-34-16-14-29/h3-10,20H,11-17H2,1-2H3,(H,26,31)(H,27,32)/t20-/m0/s1. The van der Waals surface area contributed by atoms with Gasteiger partial charge in [0.25, 0.3) is 5.91 Å². The summed E-state index contributed by atoms with van der Waals surface area (Å²) in [6.07, 6.45) is 0.380. The van der Waals surface area contributed by atoms with Crippen molar-refractivity contribution in [1.82, 2.24) is 25.3 Å². The molecule has 34 heavy (non-hydrogen) atoms. The van der Waals surface area contributed by atoms with Crippen LogP contribution in [0, 0.1) is 0 Å². The van der Waals surface area contributed by atoms with E-state index in [0.29, 0.717) is 24.1 Å². The molecule has 9 heteroatoms. The first-order valence-electron chi connectivity index (χ1n) is 11.5. The highest BCUT2D eigenvalue weighted by atomic mass is 16.5. The van der Waals surface area contributed by atoms with Gasteiger partial charge in [-0.25, -0.2) is 0 Å². The first kappa shape index (κ1) is 23.7. The van der Waals surface area contributed by atoms with Gasteiger partial charge in [0.15, 0.2) is 5.69 Å². The number of hydrogen-bond donors (Lipinski definition) is 2. The van der Waals surface area contributed by atoms with Crippen LogP contribution < -0.4 is 15.4 Å². The van der Waals surface area contributed by atoms with Crippen molar-refractivity contribution in [2.24, 2.45) is 0 Å². The molecule has 1 atom stereocenters. The number of aromatic nitrogens is 2. The number of fused-ring (bicyclic) bond motifs is 1. The topological polar surface area (TPSA) is 97.7 Å². The third kappa shape index (κ3) is 5.37. The minimum absolute atomic E-state index is 0.258. The lowest BCUT2D eigenvalue weighted by atomic mass is 10.0. The van der Waals surface area contributed by atoms with Crippen LogP contribution in [0.2, 0.25) is 0 Å². The van der Waals surface area contributed by atoms with Gasteiger partial charge in [-0.3, -0.25) is 19.2 Å². The van der Waals surface area contributed by atoms with Gasteiger partial charge in [0.05, 0.1) is 26.9 Å². The molecule has 1 saturated heterocycles. The van der Waals surface area contributed by atoms with Crippen LogP contribution in [0.5, 0.6) is 5.75 Å². The summed E-state index contributed by atoms with van der Waals surface area (Å²) in [6, 6.07) is 14.4. The fourth-order valence-electron chi connectivity index (χ4n) is 4.22. The summed E-state index contributed by atoms with van der Waals surface area (Å²) in [7, 11) is 3.17. The second-order valence-electron chi connectivity index (χ2n) is 8.21. The third-order valence-electron chi connectivity index (χ3n) is 6.05. The minimum atomic E-state index is -0.723. The molecular formula is C25H31N5O4. The van der Waals surface area contributed by atoms with Crippen molar-refractivity contribution in [2.45, 2.75) is 19.0 Å². The van der Waals surface area contributed by atoms with Crippen LogP contribution in [-0.4, -0.2) is 79.5 Å². The number of nitrogens with one attached hydrogen (secondary N) is 2. The predicted molar refractivity (Wildman–Crippen MR) is 129 cm³/mol. The Labute approximate surface area is 199 Å². The van der Waals surface area contributed by atoms with E-state index in [4.69, 9.17) is 9.47 Å². The molecule has 2 aromatic carbocycles. The molecule has 0 bridgehead atoms. The quantitative estimate of drug-likeness (QED) is 0.497. The van der Waals surface area contributed by atoms with Gasteiger partial charge in [-0.15, -0.1) is 0 Å². The number of benzene rings is 2. The van der Waals surface area contributed by atoms with E-state index in [1.165, 1.54) is 0 Å². The number of methoxy groups -OCH3 is 1. The molecule has 1 aliphatic rings. The van der Waals surface area contributed by atoms with Gasteiger partial charge in [-0.05, 0) is 11.6 Å². The van der Waals surface area contributed by atoms with E-state index in [1.807, 2.05) is 53.2 Å². The molecule has 1 aromatic heterocycles. The minimum Gasteiger partial charge on any atom is -0.494 e. The fourth-order valence-corrected chi connectivity index (χ4v) is 4.22. The van der Waals surface area contributed by atoms with Crippen molar-refractivity contribution >= 4 is 22.7 Å². The van der Waals surface area contributed by atoms with Gasteiger partial charge in [0.1, 0.15) is 17.3 Å². The van der Waals surface area contributed by atoms with Crippen molar-refractivity contribution in [2.75, 3.05) is 47.0 Å². The first-order chi connectivity index (χ1) is 16.6. The summed E-state index contributed by atoms with van der Waals surface area (Å²) < 4.78 is 12.8. The third-order valence-corrected chi connectivity index (χ3v) is 6.05. The average molecular weight is 466 g/mol. The highest BCUT2D eigenvalue weighted by molar-refractivity contribution is 6.07. The van der Waals surface area contributed by atoms with Gasteiger partial charge in [-0.2, -0.15) is 5.10 Å². The number of likely N-dealkylation sites (N-methyl/N-ethyl adjacent to an activating group) is 1. The molecule has 9 nitrogen and oxygen atoms in total. The van der Waals surface area contributed by atoms with Crippen molar-refractivity contribution in [3.8, 4) is 5.75 Å². The number of morpholine rings is 1. The van der Waals surface area contributed by atoms with Crippen LogP contribution in [0.25, 0.3) is 10.9 Å². The number of nitrogens with zero attached hydrogens (tertiary/aromatic N) is 3. The Kier molecular flexibility index (Phi) is 7.76. The molecule has 2 amide bonds. The van der Waals surface area contributed by atoms with Gasteiger partial charge >= 0.3 is 0 Å². The van der Waals surface area contributed by atoms with E-state index in [2.05, 4.69) is 20.6 Å². The maximum absolute atomic E-state index is 13.4. The van der Waals surface area contributed by atoms with E-state index in [1.54, 1.807) is 14.2 Å². The number of carbonyl (C=O) groups is 2. The van der Waals surface area contributed by atoms with Crippen molar-refractivity contribution in [3.63, 3.8) is 0 Å². The van der Waals surface area contributed by atoms with E-state index in [0.717, 1.165) is 43.9 Å². The number of para-hydroxylation sites is 1. The Balaban J connectivity index is 1.60. The van der Waals surface area contributed by atoms with Gasteiger partial charge in [0.2, 0.25) is 5.91 Å². The predicted octanol–water partition coefficient (Wildman–Crippen LogP) is 1.46. The zero-order valence-electron chi connectivity index (χ0n) is 19.6. The zero-order valence-corrected chi connectivity index (χ0v) is 19.6. The Morgan fingerprint density at radius 3 is 2.56 bits per heavy atom. The van der Waals surface area contributed by atoms with E-state index >= 15 is 0 Å². The Hall–Kier alpha value is -3.43. The summed E-state index contributed by atoms with van der Waals surface area (Å²) in [6.45, 7) is 4.58. The SMILES string of the molecule is CNC(=O)[C@H](Cc1ccccc1)NC(=O)c1nn(CCN2CCOCC2)c2c(OC)cccc12. The summed E-state index contributed by atoms with van der Waals surface area (Å²) >= 11 is 0. The lowest BCUT2D eigenvalue weighted by molar-refractivity contribution is -0.122. The molecule has 0 spiro atoms. The number of hydrogen-bond acceptors (Lipinski definition) is 6. The molecule has 180 valence electrons. The molecule has 3 aromatic rings. The smallest absolute Gasteiger partial charge is 0.273 e. The van der Waals surface area contributed by atoms with Crippen LogP contribution in [0.1, 0.15) is 16.1 Å². The van der Waals surface area contributed by atoms with Crippen molar-refractivity contribution < 1.29 is 19.1 Å². The lowest BCUT2D eigenvalue weighted by Gasteiger charge is -2.26. The van der Waals surface area contributed by atoms with Crippen LogP contribution in [0.3, 0.4) is 0 Å². The van der Waals surface area contributed by atoms with E-state index in [-0.39, 0.29) is 11.6 Å². The molecule has 0 aliphatic carbocycles. The first-order valence-corrected chi connectivity index (χ1v) is 11.5. The summed E-state index contributed by atoms with van der Waals surface area (Å²) in [5.41, 5.74) is 2.00. The van der Waals surface area contributed by atoms with E-state index < -0.39 is 11.9 Å². The second kappa shape index (κ2) is 11.1. The lowest BCUT2D eigenvalue weighted by Crippen LogP contribution is -2.47. The molecule has 1 aliphatic heterocycles. The van der Waals surface area contributed by atoms with E-state index in [9.17, 15) is 9.59 Å². The monoisotopic (exact) mass is 465 g/mol. The zero-order chi connectivity index (χ0) is 23.9. The molecule has 1 fully saturated rings. The number of amides is 2. The van der Waals surface area contributed by atoms with Crippen LogP contribution in [-0.2, 0) is 22.5 Å². The van der Waals surface area contributed by atoms with Crippen LogP contribution >= 0.6 is 0 Å². The Morgan fingerprint density at radius 1 is 1.09 bits per heavy atom. The van der Waals surface area contributed by atoms with Crippen molar-refractivity contribution in [1.29, 1.82) is 0 Å². The molecule has 4 rings (SSSR count). The maximum Gasteiger partial charge on any atom is 0.273 e. The van der Waals surface area contributed by atoms with Crippen molar-refractivity contribution in [3.05, 3.63) is 59.8 Å². The normalized spacial score (nSPS) is 15.1. The fraction of sp³-hybridized carbons (Fsp3) is 0.400. The highest BCUT2D eigenvalue weighted by Gasteiger charge is 2.25. The highest BCUT2D eigenvalue weighted by Crippen LogP contribution is 2.28. The number of rotatable bonds is 9. The largest absolute Gasteiger partial charge is 0.494 e. The summed E-state index contributed by atoms with van der Waals surface area (Å²) in [5, 5.41) is 10.9. The molecule has 2 N–H and O–H groups in total. The number of ether oxygens (including phenoxy) is 2. The summed E-state index contributed by atoms with van der Waals surface area (Å²) in [5.74, 6) is -0.00286. The molecule has 2 heterocycles. The van der Waals surface area contributed by atoms with Gasteiger partial charge in [0, 0.05) is 38.5 Å². The molecule has 0 radical (unpaired) electrons.